The topological polar surface area (TPSA) is 111 Å². The van der Waals surface area contributed by atoms with Crippen molar-refractivity contribution in [2.75, 3.05) is 30.9 Å². The van der Waals surface area contributed by atoms with Gasteiger partial charge in [-0.15, -0.1) is 0 Å². The summed E-state index contributed by atoms with van der Waals surface area (Å²) in [4.78, 5) is 23.7. The maximum Gasteiger partial charge on any atom is 0.254 e. The highest BCUT2D eigenvalue weighted by Crippen LogP contribution is 2.29. The van der Waals surface area contributed by atoms with E-state index >= 15 is 0 Å². The van der Waals surface area contributed by atoms with Gasteiger partial charge in [0.05, 0.1) is 23.6 Å². The summed E-state index contributed by atoms with van der Waals surface area (Å²) in [6.07, 6.45) is 5.96. The zero-order valence-corrected chi connectivity index (χ0v) is 21.2. The van der Waals surface area contributed by atoms with Gasteiger partial charge in [-0.3, -0.25) is 4.79 Å². The second-order valence-corrected chi connectivity index (χ2v) is 10.6. The number of nitrogens with zero attached hydrogens (tertiary/aromatic N) is 3. The minimum Gasteiger partial charge on any atom is -0.490 e. The largest absolute Gasteiger partial charge is 0.490 e. The number of ether oxygens (including phenoxy) is 2. The molecule has 1 amide bonds. The van der Waals surface area contributed by atoms with Crippen LogP contribution in [0.3, 0.4) is 0 Å². The summed E-state index contributed by atoms with van der Waals surface area (Å²) in [7, 11) is -3.31. The third-order valence-electron chi connectivity index (χ3n) is 5.78. The van der Waals surface area contributed by atoms with Gasteiger partial charge >= 0.3 is 0 Å². The van der Waals surface area contributed by atoms with Crippen molar-refractivity contribution in [3.8, 4) is 11.5 Å². The van der Waals surface area contributed by atoms with Crippen molar-refractivity contribution in [3.05, 3.63) is 72.1 Å². The average molecular weight is 511 g/mol. The molecule has 0 radical (unpaired) electrons. The van der Waals surface area contributed by atoms with Crippen LogP contribution in [0.5, 0.6) is 11.5 Å². The molecule has 190 valence electrons. The van der Waals surface area contributed by atoms with E-state index in [0.717, 1.165) is 37.1 Å². The van der Waals surface area contributed by atoms with Crippen LogP contribution in [0.1, 0.15) is 35.7 Å². The number of aromatic nitrogens is 2. The van der Waals surface area contributed by atoms with Crippen LogP contribution >= 0.6 is 0 Å². The quantitative estimate of drug-likeness (QED) is 0.467. The Labute approximate surface area is 211 Å². The summed E-state index contributed by atoms with van der Waals surface area (Å²) in [5.74, 6) is 1.66. The molecule has 1 aromatic heterocycles. The standard InChI is InChI=1S/C26H30N4O5S/c1-3-34-23-11-4-5-12-24(23)35-21-9-7-13-30(18-21)26-28-16-20(17-29-26)25(31)27-15-19-8-6-10-22(14-19)36(2,32)33/h4-6,8,10-12,14,16-17,21H,3,7,9,13,15,18H2,1-2H3,(H,27,31)/t21-/m1/s1. The van der Waals surface area contributed by atoms with Crippen LogP contribution in [0, 0.1) is 0 Å². The second-order valence-electron chi connectivity index (χ2n) is 8.58. The highest BCUT2D eigenvalue weighted by atomic mass is 32.2. The van der Waals surface area contributed by atoms with Crippen molar-refractivity contribution >= 4 is 21.7 Å². The number of amides is 1. The summed E-state index contributed by atoms with van der Waals surface area (Å²) in [6, 6.07) is 14.1. The molecule has 1 atom stereocenters. The number of sulfone groups is 1. The van der Waals surface area contributed by atoms with Gasteiger partial charge in [0.1, 0.15) is 6.10 Å². The molecule has 10 heteroatoms. The van der Waals surface area contributed by atoms with E-state index < -0.39 is 9.84 Å². The summed E-state index contributed by atoms with van der Waals surface area (Å²) in [6.45, 7) is 4.13. The Morgan fingerprint density at radius 1 is 1.11 bits per heavy atom. The molecule has 1 fully saturated rings. The smallest absolute Gasteiger partial charge is 0.254 e. The molecule has 4 rings (SSSR count). The number of hydrogen-bond donors (Lipinski definition) is 1. The Balaban J connectivity index is 1.35. The van der Waals surface area contributed by atoms with E-state index in [4.69, 9.17) is 9.47 Å². The molecule has 1 aliphatic rings. The first-order chi connectivity index (χ1) is 17.3. The third-order valence-corrected chi connectivity index (χ3v) is 6.89. The Morgan fingerprint density at radius 3 is 2.58 bits per heavy atom. The Morgan fingerprint density at radius 2 is 1.86 bits per heavy atom. The van der Waals surface area contributed by atoms with Crippen molar-refractivity contribution in [3.63, 3.8) is 0 Å². The van der Waals surface area contributed by atoms with Crippen molar-refractivity contribution in [1.82, 2.24) is 15.3 Å². The maximum absolute atomic E-state index is 12.6. The Bertz CT molecular complexity index is 1300. The van der Waals surface area contributed by atoms with Gasteiger partial charge < -0.3 is 19.7 Å². The minimum absolute atomic E-state index is 0.0328. The molecule has 3 aromatic rings. The van der Waals surface area contributed by atoms with Crippen molar-refractivity contribution < 1.29 is 22.7 Å². The highest BCUT2D eigenvalue weighted by Gasteiger charge is 2.24. The monoisotopic (exact) mass is 510 g/mol. The summed E-state index contributed by atoms with van der Waals surface area (Å²) in [5.41, 5.74) is 1.02. The van der Waals surface area contributed by atoms with Gasteiger partial charge in [-0.2, -0.15) is 0 Å². The van der Waals surface area contributed by atoms with Gasteiger partial charge in [0.25, 0.3) is 5.91 Å². The Hall–Kier alpha value is -3.66. The number of hydrogen-bond acceptors (Lipinski definition) is 8. The zero-order valence-electron chi connectivity index (χ0n) is 20.4. The maximum atomic E-state index is 12.6. The van der Waals surface area contributed by atoms with Crippen LogP contribution < -0.4 is 19.7 Å². The lowest BCUT2D eigenvalue weighted by Gasteiger charge is -2.33. The van der Waals surface area contributed by atoms with Crippen molar-refractivity contribution in [2.24, 2.45) is 0 Å². The van der Waals surface area contributed by atoms with Gasteiger partial charge in [-0.05, 0) is 49.6 Å². The normalized spacial score (nSPS) is 15.8. The lowest BCUT2D eigenvalue weighted by atomic mass is 10.1. The van der Waals surface area contributed by atoms with E-state index in [1.54, 1.807) is 18.2 Å². The highest BCUT2D eigenvalue weighted by molar-refractivity contribution is 7.90. The van der Waals surface area contributed by atoms with Gasteiger partial charge in [-0.25, -0.2) is 18.4 Å². The molecule has 2 aromatic carbocycles. The van der Waals surface area contributed by atoms with Crippen LogP contribution in [-0.4, -0.2) is 56.3 Å². The molecular formula is C26H30N4O5S. The zero-order chi connectivity index (χ0) is 25.5. The van der Waals surface area contributed by atoms with E-state index in [-0.39, 0.29) is 23.5 Å². The first-order valence-electron chi connectivity index (χ1n) is 11.9. The van der Waals surface area contributed by atoms with Crippen LogP contribution in [0.15, 0.2) is 65.8 Å². The summed E-state index contributed by atoms with van der Waals surface area (Å²) < 4.78 is 35.4. The first kappa shape index (κ1) is 25.4. The average Bonchev–Trinajstić information content (AvgIpc) is 2.88. The molecule has 0 aliphatic carbocycles. The molecule has 1 N–H and O–H groups in total. The molecule has 1 saturated heterocycles. The number of rotatable bonds is 9. The van der Waals surface area contributed by atoms with Gasteiger partial charge in [0.15, 0.2) is 21.3 Å². The predicted molar refractivity (Wildman–Crippen MR) is 136 cm³/mol. The van der Waals surface area contributed by atoms with Gasteiger partial charge in [0.2, 0.25) is 5.95 Å². The van der Waals surface area contributed by atoms with Crippen LogP contribution in [0.2, 0.25) is 0 Å². The van der Waals surface area contributed by atoms with E-state index in [9.17, 15) is 13.2 Å². The molecule has 36 heavy (non-hydrogen) atoms. The number of benzene rings is 2. The first-order valence-corrected chi connectivity index (χ1v) is 13.8. The van der Waals surface area contributed by atoms with Crippen LogP contribution in [-0.2, 0) is 16.4 Å². The second kappa shape index (κ2) is 11.4. The predicted octanol–water partition coefficient (Wildman–Crippen LogP) is 3.26. The lowest BCUT2D eigenvalue weighted by Crippen LogP contribution is -2.42. The van der Waals surface area contributed by atoms with Crippen LogP contribution in [0.4, 0.5) is 5.95 Å². The van der Waals surface area contributed by atoms with Gasteiger partial charge in [-0.1, -0.05) is 24.3 Å². The fourth-order valence-electron chi connectivity index (χ4n) is 3.99. The number of anilines is 1. The minimum atomic E-state index is -3.31. The Kier molecular flexibility index (Phi) is 8.04. The van der Waals surface area contributed by atoms with Gasteiger partial charge in [0, 0.05) is 31.7 Å². The molecule has 1 aliphatic heterocycles. The number of para-hydroxylation sites is 2. The van der Waals surface area contributed by atoms with E-state index in [1.807, 2.05) is 31.2 Å². The number of nitrogens with one attached hydrogen (secondary N) is 1. The number of piperidine rings is 1. The van der Waals surface area contributed by atoms with E-state index in [0.29, 0.717) is 30.2 Å². The summed E-state index contributed by atoms with van der Waals surface area (Å²) in [5, 5.41) is 2.78. The summed E-state index contributed by atoms with van der Waals surface area (Å²) >= 11 is 0. The van der Waals surface area contributed by atoms with Crippen molar-refractivity contribution in [2.45, 2.75) is 37.3 Å². The fourth-order valence-corrected chi connectivity index (χ4v) is 4.68. The molecule has 0 saturated carbocycles. The van der Waals surface area contributed by atoms with E-state index in [1.165, 1.54) is 18.5 Å². The molecule has 0 unspecified atom stereocenters. The lowest BCUT2D eigenvalue weighted by molar-refractivity contribution is 0.0950. The molecule has 0 spiro atoms. The molecule has 0 bridgehead atoms. The molecule has 9 nitrogen and oxygen atoms in total. The SMILES string of the molecule is CCOc1ccccc1O[C@@H]1CCCN(c2ncc(C(=O)NCc3cccc(S(C)(=O)=O)c3)cn2)C1. The molecule has 2 heterocycles. The van der Waals surface area contributed by atoms with Crippen molar-refractivity contribution in [1.29, 1.82) is 0 Å². The third kappa shape index (κ3) is 6.51. The number of carbonyl (C=O) groups excluding carboxylic acids is 1. The van der Waals surface area contributed by atoms with Crippen LogP contribution in [0.25, 0.3) is 0 Å². The fraction of sp³-hybridized carbons (Fsp3) is 0.346. The van der Waals surface area contributed by atoms with E-state index in [2.05, 4.69) is 20.2 Å². The number of carbonyl (C=O) groups is 1. The molecular weight excluding hydrogens is 480 g/mol.